The summed E-state index contributed by atoms with van der Waals surface area (Å²) in [6.07, 6.45) is 0. The minimum Gasteiger partial charge on any atom is -0.497 e. The lowest BCUT2D eigenvalue weighted by molar-refractivity contribution is -0.124. The summed E-state index contributed by atoms with van der Waals surface area (Å²) in [6.45, 7) is 2.54. The molecule has 1 aliphatic heterocycles. The molecule has 0 unspecified atom stereocenters. The lowest BCUT2D eigenvalue weighted by atomic mass is 10.1. The standard InChI is InChI=1S/C15H18N4O2/c1-21-12-3-2-10-6-11(15(16)18-13(10)7-12)8-19-5-4-17-14(20)9-19/h2-3,6-7H,4-5,8-9H2,1H3,(H2,16,18)(H,17,20). The maximum absolute atomic E-state index is 11.4. The molecule has 1 fully saturated rings. The first kappa shape index (κ1) is 13.6. The molecule has 1 amide bonds. The third kappa shape index (κ3) is 2.90. The number of carbonyl (C=O) groups excluding carboxylic acids is 1. The Labute approximate surface area is 122 Å². The Hall–Kier alpha value is -2.34. The van der Waals surface area contributed by atoms with Crippen LogP contribution in [0.15, 0.2) is 24.3 Å². The van der Waals surface area contributed by atoms with Gasteiger partial charge in [0.2, 0.25) is 5.91 Å². The number of aromatic nitrogens is 1. The van der Waals surface area contributed by atoms with E-state index in [1.807, 2.05) is 24.3 Å². The molecule has 1 aromatic heterocycles. The van der Waals surface area contributed by atoms with Gasteiger partial charge in [0.15, 0.2) is 0 Å². The summed E-state index contributed by atoms with van der Waals surface area (Å²) in [6, 6.07) is 7.76. The maximum atomic E-state index is 11.4. The van der Waals surface area contributed by atoms with Crippen LogP contribution in [-0.2, 0) is 11.3 Å². The number of benzene rings is 1. The van der Waals surface area contributed by atoms with Crippen molar-refractivity contribution in [3.05, 3.63) is 29.8 Å². The second-order valence-electron chi connectivity index (χ2n) is 5.15. The third-order valence-electron chi connectivity index (χ3n) is 3.65. The van der Waals surface area contributed by atoms with Gasteiger partial charge in [0, 0.05) is 36.7 Å². The fraction of sp³-hybridized carbons (Fsp3) is 0.333. The molecule has 0 bridgehead atoms. The summed E-state index contributed by atoms with van der Waals surface area (Å²) in [5.74, 6) is 1.31. The van der Waals surface area contributed by atoms with Crippen LogP contribution in [0.5, 0.6) is 5.75 Å². The highest BCUT2D eigenvalue weighted by Gasteiger charge is 2.17. The van der Waals surface area contributed by atoms with E-state index >= 15 is 0 Å². The Kier molecular flexibility index (Phi) is 3.62. The van der Waals surface area contributed by atoms with Crippen molar-refractivity contribution in [2.45, 2.75) is 6.54 Å². The van der Waals surface area contributed by atoms with Gasteiger partial charge < -0.3 is 15.8 Å². The van der Waals surface area contributed by atoms with E-state index in [0.717, 1.165) is 28.8 Å². The molecule has 1 saturated heterocycles. The first-order chi connectivity index (χ1) is 10.2. The van der Waals surface area contributed by atoms with Crippen LogP contribution in [0.2, 0.25) is 0 Å². The number of nitrogens with one attached hydrogen (secondary N) is 1. The highest BCUT2D eigenvalue weighted by Crippen LogP contribution is 2.23. The van der Waals surface area contributed by atoms with Crippen molar-refractivity contribution < 1.29 is 9.53 Å². The molecule has 3 N–H and O–H groups in total. The van der Waals surface area contributed by atoms with E-state index in [1.165, 1.54) is 0 Å². The molecule has 2 heterocycles. The van der Waals surface area contributed by atoms with Crippen LogP contribution in [-0.4, -0.2) is 42.5 Å². The topological polar surface area (TPSA) is 80.5 Å². The number of methoxy groups -OCH3 is 1. The number of fused-ring (bicyclic) bond motifs is 1. The number of anilines is 1. The normalized spacial score (nSPS) is 16.0. The molecule has 0 radical (unpaired) electrons. The van der Waals surface area contributed by atoms with Crippen LogP contribution in [0.3, 0.4) is 0 Å². The lowest BCUT2D eigenvalue weighted by Crippen LogP contribution is -2.47. The fourth-order valence-electron chi connectivity index (χ4n) is 2.53. The number of hydrogen-bond donors (Lipinski definition) is 2. The molecule has 2 aromatic rings. The zero-order chi connectivity index (χ0) is 14.8. The van der Waals surface area contributed by atoms with Crippen LogP contribution in [0, 0.1) is 0 Å². The lowest BCUT2D eigenvalue weighted by Gasteiger charge is -2.26. The van der Waals surface area contributed by atoms with Crippen LogP contribution in [0.4, 0.5) is 5.82 Å². The van der Waals surface area contributed by atoms with Gasteiger partial charge in [-0.25, -0.2) is 4.98 Å². The van der Waals surface area contributed by atoms with E-state index in [9.17, 15) is 4.79 Å². The number of pyridine rings is 1. The molecular weight excluding hydrogens is 268 g/mol. The predicted octanol–water partition coefficient (Wildman–Crippen LogP) is 0.757. The molecule has 3 rings (SSSR count). The number of piperazine rings is 1. The average molecular weight is 286 g/mol. The highest BCUT2D eigenvalue weighted by molar-refractivity contribution is 5.83. The molecular formula is C15H18N4O2. The molecule has 0 aliphatic carbocycles. The molecule has 6 heteroatoms. The van der Waals surface area contributed by atoms with Crippen molar-refractivity contribution in [3.8, 4) is 5.75 Å². The van der Waals surface area contributed by atoms with Crippen molar-refractivity contribution >= 4 is 22.6 Å². The quantitative estimate of drug-likeness (QED) is 0.870. The molecule has 0 saturated carbocycles. The first-order valence-corrected chi connectivity index (χ1v) is 6.88. The monoisotopic (exact) mass is 286 g/mol. The van der Waals surface area contributed by atoms with Crippen LogP contribution in [0.25, 0.3) is 10.9 Å². The minimum atomic E-state index is 0.0540. The van der Waals surface area contributed by atoms with Crippen molar-refractivity contribution in [1.82, 2.24) is 15.2 Å². The van der Waals surface area contributed by atoms with E-state index < -0.39 is 0 Å². The van der Waals surface area contributed by atoms with Crippen molar-refractivity contribution in [1.29, 1.82) is 0 Å². The molecule has 0 spiro atoms. The Balaban J connectivity index is 1.88. The largest absolute Gasteiger partial charge is 0.497 e. The van der Waals surface area contributed by atoms with E-state index in [1.54, 1.807) is 7.11 Å². The van der Waals surface area contributed by atoms with Gasteiger partial charge in [-0.15, -0.1) is 0 Å². The fourth-order valence-corrected chi connectivity index (χ4v) is 2.53. The molecule has 6 nitrogen and oxygen atoms in total. The average Bonchev–Trinajstić information content (AvgIpc) is 2.47. The Bertz CT molecular complexity index is 687. The summed E-state index contributed by atoms with van der Waals surface area (Å²) in [5.41, 5.74) is 7.81. The second kappa shape index (κ2) is 5.57. The molecule has 1 aliphatic rings. The predicted molar refractivity (Wildman–Crippen MR) is 81.0 cm³/mol. The van der Waals surface area contributed by atoms with Gasteiger partial charge in [-0.1, -0.05) is 0 Å². The number of nitrogens with zero attached hydrogens (tertiary/aromatic N) is 2. The first-order valence-electron chi connectivity index (χ1n) is 6.88. The summed E-state index contributed by atoms with van der Waals surface area (Å²) in [7, 11) is 1.63. The third-order valence-corrected chi connectivity index (χ3v) is 3.65. The van der Waals surface area contributed by atoms with Crippen LogP contribution >= 0.6 is 0 Å². The van der Waals surface area contributed by atoms with E-state index in [-0.39, 0.29) is 5.91 Å². The van der Waals surface area contributed by atoms with Crippen molar-refractivity contribution in [2.75, 3.05) is 32.5 Å². The van der Waals surface area contributed by atoms with Crippen molar-refractivity contribution in [3.63, 3.8) is 0 Å². The molecule has 110 valence electrons. The number of ether oxygens (including phenoxy) is 1. The zero-order valence-electron chi connectivity index (χ0n) is 11.9. The van der Waals surface area contributed by atoms with Crippen LogP contribution < -0.4 is 15.8 Å². The Morgan fingerprint density at radius 1 is 1.43 bits per heavy atom. The van der Waals surface area contributed by atoms with Crippen molar-refractivity contribution in [2.24, 2.45) is 0 Å². The van der Waals surface area contributed by atoms with Gasteiger partial charge >= 0.3 is 0 Å². The van der Waals surface area contributed by atoms with Gasteiger partial charge in [-0.05, 0) is 18.2 Å². The summed E-state index contributed by atoms with van der Waals surface area (Å²) < 4.78 is 5.19. The van der Waals surface area contributed by atoms with E-state index in [2.05, 4.69) is 15.2 Å². The van der Waals surface area contributed by atoms with Gasteiger partial charge in [0.1, 0.15) is 11.6 Å². The smallest absolute Gasteiger partial charge is 0.234 e. The number of amides is 1. The number of nitrogen functional groups attached to an aromatic ring is 1. The van der Waals surface area contributed by atoms with Gasteiger partial charge in [-0.3, -0.25) is 9.69 Å². The molecule has 0 atom stereocenters. The summed E-state index contributed by atoms with van der Waals surface area (Å²) in [4.78, 5) is 17.9. The number of rotatable bonds is 3. The Morgan fingerprint density at radius 3 is 3.05 bits per heavy atom. The van der Waals surface area contributed by atoms with Gasteiger partial charge in [-0.2, -0.15) is 0 Å². The molecule has 1 aromatic carbocycles. The maximum Gasteiger partial charge on any atom is 0.234 e. The number of nitrogens with two attached hydrogens (primary N) is 1. The summed E-state index contributed by atoms with van der Waals surface area (Å²) >= 11 is 0. The van der Waals surface area contributed by atoms with Gasteiger partial charge in [0.05, 0.1) is 19.2 Å². The second-order valence-corrected chi connectivity index (χ2v) is 5.15. The SMILES string of the molecule is COc1ccc2cc(CN3CCNC(=O)C3)c(N)nc2c1. The van der Waals surface area contributed by atoms with Crippen LogP contribution in [0.1, 0.15) is 5.56 Å². The molecule has 21 heavy (non-hydrogen) atoms. The van der Waals surface area contributed by atoms with Gasteiger partial charge in [0.25, 0.3) is 0 Å². The highest BCUT2D eigenvalue weighted by atomic mass is 16.5. The number of carbonyl (C=O) groups is 1. The van der Waals surface area contributed by atoms with E-state index in [0.29, 0.717) is 25.5 Å². The zero-order valence-corrected chi connectivity index (χ0v) is 11.9. The minimum absolute atomic E-state index is 0.0540. The Morgan fingerprint density at radius 2 is 2.29 bits per heavy atom. The number of hydrogen-bond acceptors (Lipinski definition) is 5. The van der Waals surface area contributed by atoms with E-state index in [4.69, 9.17) is 10.5 Å². The summed E-state index contributed by atoms with van der Waals surface area (Å²) in [5, 5.41) is 3.83.